The molecule has 0 saturated heterocycles. The number of hydrogen-bond acceptors (Lipinski definition) is 6. The molecule has 0 spiro atoms. The van der Waals surface area contributed by atoms with Crippen LogP contribution in [0.25, 0.3) is 5.57 Å². The van der Waals surface area contributed by atoms with Crippen LogP contribution in [0.5, 0.6) is 17.2 Å². The smallest absolute Gasteiger partial charge is 0.138 e. The second kappa shape index (κ2) is 19.0. The van der Waals surface area contributed by atoms with Crippen LogP contribution in [-0.2, 0) is 0 Å². The first-order chi connectivity index (χ1) is 28.2. The summed E-state index contributed by atoms with van der Waals surface area (Å²) in [5, 5.41) is 7.46. The maximum Gasteiger partial charge on any atom is 0.138 e. The Morgan fingerprint density at radius 1 is 0.474 bits per heavy atom. The highest BCUT2D eigenvalue weighted by Crippen LogP contribution is 2.54. The van der Waals surface area contributed by atoms with Gasteiger partial charge in [0, 0.05) is 47.4 Å². The molecule has 0 amide bonds. The van der Waals surface area contributed by atoms with Crippen LogP contribution in [-0.4, -0.2) is 40.3 Å². The van der Waals surface area contributed by atoms with Crippen molar-refractivity contribution in [2.45, 2.75) is 11.8 Å². The number of para-hydroxylation sites is 3. The minimum absolute atomic E-state index is 0.235. The second-order valence-corrected chi connectivity index (χ2v) is 13.5. The highest BCUT2D eigenvalue weighted by molar-refractivity contribution is 6.03. The molecule has 7 rings (SSSR count). The molecular formula is C51H47N3O3. The Kier molecular flexibility index (Phi) is 12.8. The van der Waals surface area contributed by atoms with Crippen molar-refractivity contribution < 1.29 is 14.2 Å². The van der Waals surface area contributed by atoms with Gasteiger partial charge in [0.05, 0.1) is 38.2 Å². The molecule has 0 aliphatic carbocycles. The first kappa shape index (κ1) is 38.3. The lowest BCUT2D eigenvalue weighted by Gasteiger charge is -2.32. The van der Waals surface area contributed by atoms with Gasteiger partial charge in [0.15, 0.2) is 0 Å². The average Bonchev–Trinajstić information content (AvgIpc) is 3.28. The highest BCUT2D eigenvalue weighted by Gasteiger charge is 2.36. The van der Waals surface area contributed by atoms with Gasteiger partial charge >= 0.3 is 0 Å². The third kappa shape index (κ3) is 8.94. The summed E-state index contributed by atoms with van der Waals surface area (Å²) in [5.74, 6) is 4.95. The Morgan fingerprint density at radius 2 is 0.842 bits per heavy atom. The van der Waals surface area contributed by atoms with Crippen LogP contribution in [0.4, 0.5) is 17.1 Å². The number of rotatable bonds is 16. The molecule has 0 bridgehead atoms. The fraction of sp³-hybridized carbons (Fsp3) is 0.137. The Labute approximate surface area is 336 Å². The number of benzene rings is 7. The van der Waals surface area contributed by atoms with Gasteiger partial charge in [-0.2, -0.15) is 0 Å². The van der Waals surface area contributed by atoms with Crippen LogP contribution >= 0.6 is 0 Å². The maximum atomic E-state index is 6.67. The monoisotopic (exact) mass is 749 g/mol. The molecule has 57 heavy (non-hydrogen) atoms. The summed E-state index contributed by atoms with van der Waals surface area (Å²) in [6.07, 6.45) is 0. The Balaban J connectivity index is 1.59. The minimum Gasteiger partial charge on any atom is -0.496 e. The van der Waals surface area contributed by atoms with Crippen molar-refractivity contribution in [3.63, 3.8) is 0 Å². The van der Waals surface area contributed by atoms with E-state index >= 15 is 0 Å². The SMILES string of the molecule is COc1c(C(=C=Nc2ccccc2)c2ccccc2)c(OC)c(C(CNc2ccccc2)c2ccccc2)c(OC)c1C(CNc1ccccc1)c1ccccc1. The van der Waals surface area contributed by atoms with Crippen LogP contribution in [0.2, 0.25) is 0 Å². The molecule has 7 aromatic carbocycles. The largest absolute Gasteiger partial charge is 0.496 e. The fourth-order valence-corrected chi connectivity index (χ4v) is 7.42. The summed E-state index contributed by atoms with van der Waals surface area (Å²) in [6, 6.07) is 61.6. The van der Waals surface area contributed by atoms with Crippen molar-refractivity contribution in [3.8, 4) is 17.2 Å². The quantitative estimate of drug-likeness (QED) is 0.0963. The third-order valence-corrected chi connectivity index (χ3v) is 10.1. The van der Waals surface area contributed by atoms with E-state index in [9.17, 15) is 0 Å². The molecule has 0 fully saturated rings. The summed E-state index contributed by atoms with van der Waals surface area (Å²) in [6.45, 7) is 1.10. The number of aliphatic imine (C=N–C) groups is 1. The minimum atomic E-state index is -0.235. The van der Waals surface area contributed by atoms with E-state index in [1.807, 2.05) is 97.1 Å². The van der Waals surface area contributed by atoms with E-state index in [0.717, 1.165) is 56.0 Å². The van der Waals surface area contributed by atoms with Gasteiger partial charge in [0.25, 0.3) is 0 Å². The molecule has 284 valence electrons. The molecule has 0 radical (unpaired) electrons. The molecule has 6 nitrogen and oxygen atoms in total. The zero-order valence-corrected chi connectivity index (χ0v) is 32.6. The number of hydrogen-bond donors (Lipinski definition) is 2. The Morgan fingerprint density at radius 3 is 1.25 bits per heavy atom. The van der Waals surface area contributed by atoms with Crippen LogP contribution in [0.15, 0.2) is 187 Å². The van der Waals surface area contributed by atoms with Crippen LogP contribution in [0, 0.1) is 0 Å². The molecule has 0 aliphatic rings. The van der Waals surface area contributed by atoms with E-state index in [0.29, 0.717) is 30.3 Å². The lowest BCUT2D eigenvalue weighted by molar-refractivity contribution is 0.357. The molecular weight excluding hydrogens is 703 g/mol. The van der Waals surface area contributed by atoms with Crippen LogP contribution in [0.1, 0.15) is 45.2 Å². The summed E-state index contributed by atoms with van der Waals surface area (Å²) in [7, 11) is 5.18. The zero-order chi connectivity index (χ0) is 39.2. The topological polar surface area (TPSA) is 64.1 Å². The third-order valence-electron chi connectivity index (χ3n) is 10.1. The van der Waals surface area contributed by atoms with E-state index < -0.39 is 0 Å². The van der Waals surface area contributed by atoms with Gasteiger partial charge in [0.1, 0.15) is 17.2 Å². The lowest BCUT2D eigenvalue weighted by Crippen LogP contribution is -2.21. The van der Waals surface area contributed by atoms with Gasteiger partial charge in [0.2, 0.25) is 0 Å². The van der Waals surface area contributed by atoms with E-state index in [1.54, 1.807) is 21.3 Å². The summed E-state index contributed by atoms with van der Waals surface area (Å²) >= 11 is 0. The van der Waals surface area contributed by atoms with Gasteiger partial charge < -0.3 is 24.8 Å². The van der Waals surface area contributed by atoms with E-state index in [2.05, 4.69) is 101 Å². The van der Waals surface area contributed by atoms with Crippen LogP contribution in [0.3, 0.4) is 0 Å². The van der Waals surface area contributed by atoms with Gasteiger partial charge in [-0.25, -0.2) is 4.99 Å². The van der Waals surface area contributed by atoms with Crippen molar-refractivity contribution in [1.29, 1.82) is 0 Å². The normalized spacial score (nSPS) is 11.7. The molecule has 2 N–H and O–H groups in total. The Bertz CT molecular complexity index is 2270. The molecule has 0 aromatic heterocycles. The van der Waals surface area contributed by atoms with Crippen molar-refractivity contribution in [3.05, 3.63) is 215 Å². The maximum absolute atomic E-state index is 6.67. The predicted molar refractivity (Wildman–Crippen MR) is 235 cm³/mol. The number of ether oxygens (including phenoxy) is 3. The fourth-order valence-electron chi connectivity index (χ4n) is 7.42. The van der Waals surface area contributed by atoms with Crippen molar-refractivity contribution in [1.82, 2.24) is 0 Å². The van der Waals surface area contributed by atoms with Gasteiger partial charge in [-0.3, -0.25) is 0 Å². The van der Waals surface area contributed by atoms with E-state index in [4.69, 9.17) is 19.2 Å². The summed E-state index contributed by atoms with van der Waals surface area (Å²) in [4.78, 5) is 4.92. The number of methoxy groups -OCH3 is 3. The van der Waals surface area contributed by atoms with Gasteiger partial charge in [-0.1, -0.05) is 146 Å². The zero-order valence-electron chi connectivity index (χ0n) is 32.6. The molecule has 0 aliphatic heterocycles. The van der Waals surface area contributed by atoms with E-state index in [-0.39, 0.29) is 11.8 Å². The van der Waals surface area contributed by atoms with Crippen LogP contribution < -0.4 is 24.8 Å². The lowest BCUT2D eigenvalue weighted by atomic mass is 9.79. The van der Waals surface area contributed by atoms with Crippen molar-refractivity contribution in [2.75, 3.05) is 45.1 Å². The summed E-state index contributed by atoms with van der Waals surface area (Å²) < 4.78 is 19.9. The highest BCUT2D eigenvalue weighted by atomic mass is 16.5. The molecule has 2 unspecified atom stereocenters. The first-order valence-electron chi connectivity index (χ1n) is 19.2. The first-order valence-corrected chi connectivity index (χ1v) is 19.2. The number of nitrogens with zero attached hydrogens (tertiary/aromatic N) is 1. The molecule has 2 atom stereocenters. The Hall–Kier alpha value is -7.01. The number of anilines is 2. The number of nitrogens with one attached hydrogen (secondary N) is 2. The van der Waals surface area contributed by atoms with Crippen molar-refractivity contribution in [2.24, 2.45) is 4.99 Å². The van der Waals surface area contributed by atoms with E-state index in [1.165, 1.54) is 0 Å². The predicted octanol–water partition coefficient (Wildman–Crippen LogP) is 11.6. The molecule has 0 heterocycles. The van der Waals surface area contributed by atoms with Crippen molar-refractivity contribution >= 4 is 28.5 Å². The second-order valence-electron chi connectivity index (χ2n) is 13.5. The molecule has 0 saturated carbocycles. The molecule has 7 aromatic rings. The van der Waals surface area contributed by atoms with Gasteiger partial charge in [-0.15, -0.1) is 0 Å². The molecule has 6 heteroatoms. The van der Waals surface area contributed by atoms with Gasteiger partial charge in [-0.05, 0) is 59.0 Å². The standard InChI is InChI=1S/C51H47N3O3/c1-55-49-46(43(37-22-10-4-11-23-37)34-52-40-28-16-7-17-29-40)50(56-2)48(45(39-26-14-6-15-27-39)36-54-42-32-20-9-21-33-42)51(57-3)47(49)44(38-24-12-5-13-25-38)35-53-41-30-18-8-19-31-41/h4-33,43-44,52-53H,34-35H2,1-3H3. The average molecular weight is 750 g/mol. The summed E-state index contributed by atoms with van der Waals surface area (Å²) in [5.41, 5.74) is 9.14.